The Bertz CT molecular complexity index is 1200. The van der Waals surface area contributed by atoms with Crippen molar-refractivity contribution in [2.24, 2.45) is 5.92 Å². The van der Waals surface area contributed by atoms with Crippen LogP contribution in [-0.4, -0.2) is 41.2 Å². The number of imide groups is 1. The first-order valence-corrected chi connectivity index (χ1v) is 12.7. The van der Waals surface area contributed by atoms with E-state index in [2.05, 4.69) is 21.2 Å². The molecule has 1 aliphatic heterocycles. The fourth-order valence-corrected chi connectivity index (χ4v) is 5.10. The van der Waals surface area contributed by atoms with Crippen molar-refractivity contribution in [1.82, 2.24) is 4.90 Å². The molecule has 3 amide bonds. The lowest BCUT2D eigenvalue weighted by atomic mass is 10.0. The zero-order valence-corrected chi connectivity index (χ0v) is 23.3. The van der Waals surface area contributed by atoms with Gasteiger partial charge in [0.1, 0.15) is 6.04 Å². The van der Waals surface area contributed by atoms with Gasteiger partial charge in [-0.2, -0.15) is 0 Å². The number of anilines is 1. The maximum Gasteiger partial charge on any atom is 0.330 e. The summed E-state index contributed by atoms with van der Waals surface area (Å²) in [5, 5.41) is 1.85. The van der Waals surface area contributed by atoms with Crippen molar-refractivity contribution in [3.05, 3.63) is 59.5 Å². The Morgan fingerprint density at radius 2 is 1.54 bits per heavy atom. The van der Waals surface area contributed by atoms with Crippen LogP contribution in [0.5, 0.6) is 0 Å². The molecule has 1 heterocycles. The Hall–Kier alpha value is -1.84. The highest BCUT2D eigenvalue weighted by atomic mass is 79.9. The van der Waals surface area contributed by atoms with Crippen LogP contribution in [0.25, 0.3) is 0 Å². The number of hydrogen-bond acceptors (Lipinski definition) is 5. The van der Waals surface area contributed by atoms with E-state index >= 15 is 0 Å². The van der Waals surface area contributed by atoms with Crippen LogP contribution in [0.2, 0.25) is 20.1 Å². The highest BCUT2D eigenvalue weighted by Crippen LogP contribution is 2.45. The number of carbonyl (C=O) groups excluding carboxylic acids is 4. The fraction of sp³-hybridized carbons (Fsp3) is 0.304. The largest absolute Gasteiger partial charge is 0.454 e. The van der Waals surface area contributed by atoms with E-state index in [1.165, 1.54) is 0 Å². The van der Waals surface area contributed by atoms with Crippen LogP contribution in [-0.2, 0) is 20.7 Å². The third-order valence-corrected chi connectivity index (χ3v) is 7.65. The molecule has 35 heavy (non-hydrogen) atoms. The number of carbonyl (C=O) groups is 4. The average Bonchev–Trinajstić information content (AvgIpc) is 3.06. The topological polar surface area (TPSA) is 92.8 Å². The van der Waals surface area contributed by atoms with Crippen LogP contribution in [0, 0.1) is 5.92 Å². The van der Waals surface area contributed by atoms with E-state index in [1.807, 2.05) is 13.0 Å². The molecule has 0 fully saturated rings. The Morgan fingerprint density at radius 3 is 2.03 bits per heavy atom. The van der Waals surface area contributed by atoms with Gasteiger partial charge in [0.15, 0.2) is 6.61 Å². The van der Waals surface area contributed by atoms with Crippen molar-refractivity contribution in [1.29, 1.82) is 0 Å². The van der Waals surface area contributed by atoms with E-state index in [4.69, 9.17) is 51.1 Å². The third-order valence-electron chi connectivity index (χ3n) is 5.35. The second-order valence-electron chi connectivity index (χ2n) is 7.99. The summed E-state index contributed by atoms with van der Waals surface area (Å²) in [6, 6.07) is 4.01. The number of hydrogen-bond donors (Lipinski definition) is 1. The number of benzene rings is 2. The third kappa shape index (κ3) is 5.32. The first-order chi connectivity index (χ1) is 16.4. The minimum absolute atomic E-state index is 0.181. The minimum atomic E-state index is -1.35. The predicted octanol–water partition coefficient (Wildman–Crippen LogP) is 6.43. The molecule has 0 saturated carbocycles. The highest BCUT2D eigenvalue weighted by molar-refractivity contribution is 9.10. The number of halogens is 5. The van der Waals surface area contributed by atoms with Crippen LogP contribution >= 0.6 is 62.3 Å². The average molecular weight is 625 g/mol. The number of aryl methyl sites for hydroxylation is 1. The van der Waals surface area contributed by atoms with E-state index in [-0.39, 0.29) is 31.2 Å². The van der Waals surface area contributed by atoms with Crippen LogP contribution in [0.15, 0.2) is 22.7 Å². The van der Waals surface area contributed by atoms with Crippen LogP contribution in [0.3, 0.4) is 0 Å². The van der Waals surface area contributed by atoms with Gasteiger partial charge in [0.2, 0.25) is 0 Å². The van der Waals surface area contributed by atoms with Crippen molar-refractivity contribution >= 4 is 91.7 Å². The Morgan fingerprint density at radius 1 is 1.00 bits per heavy atom. The first-order valence-electron chi connectivity index (χ1n) is 10.4. The lowest BCUT2D eigenvalue weighted by Crippen LogP contribution is -2.49. The molecule has 186 valence electrons. The quantitative estimate of drug-likeness (QED) is 0.166. The maximum absolute atomic E-state index is 13.1. The molecule has 1 aliphatic rings. The monoisotopic (exact) mass is 622 g/mol. The molecular formula is C23H19BrCl4N2O5. The van der Waals surface area contributed by atoms with Gasteiger partial charge in [0, 0.05) is 10.2 Å². The summed E-state index contributed by atoms with van der Waals surface area (Å²) in [7, 11) is 0. The number of nitrogens with zero attached hydrogens (tertiary/aromatic N) is 1. The van der Waals surface area contributed by atoms with Gasteiger partial charge in [0.05, 0.1) is 31.2 Å². The van der Waals surface area contributed by atoms with E-state index in [1.54, 1.807) is 26.0 Å². The van der Waals surface area contributed by atoms with Gasteiger partial charge in [-0.25, -0.2) is 4.79 Å². The van der Waals surface area contributed by atoms with Gasteiger partial charge in [-0.05, 0) is 36.1 Å². The Kier molecular flexibility index (Phi) is 8.76. The molecule has 1 N–H and O–H groups in total. The zero-order valence-electron chi connectivity index (χ0n) is 18.7. The normalized spacial score (nSPS) is 13.8. The summed E-state index contributed by atoms with van der Waals surface area (Å²) < 4.78 is 6.05. The summed E-state index contributed by atoms with van der Waals surface area (Å²) in [5.41, 5.74) is 0.982. The summed E-state index contributed by atoms with van der Waals surface area (Å²) in [6.45, 7) is 4.55. The SMILES string of the molecule is CCc1cc(Br)ccc1NC(=O)COC(=O)[C@H](C(C)C)N1C(=O)c2c(Cl)c(Cl)c(Cl)c(Cl)c2C1=O. The van der Waals surface area contributed by atoms with Gasteiger partial charge in [0.25, 0.3) is 17.7 Å². The van der Waals surface area contributed by atoms with Crippen LogP contribution in [0.4, 0.5) is 5.69 Å². The number of rotatable bonds is 7. The molecule has 1 atom stereocenters. The smallest absolute Gasteiger partial charge is 0.330 e. The molecule has 0 saturated heterocycles. The number of fused-ring (bicyclic) bond motifs is 1. The summed E-state index contributed by atoms with van der Waals surface area (Å²) in [6.07, 6.45) is 0.670. The number of esters is 1. The minimum Gasteiger partial charge on any atom is -0.454 e. The molecule has 0 aromatic heterocycles. The number of ether oxygens (including phenoxy) is 1. The van der Waals surface area contributed by atoms with E-state index in [0.29, 0.717) is 17.0 Å². The van der Waals surface area contributed by atoms with Gasteiger partial charge in [-0.15, -0.1) is 0 Å². The second kappa shape index (κ2) is 11.0. The Balaban J connectivity index is 1.80. The van der Waals surface area contributed by atoms with Gasteiger partial charge in [-0.3, -0.25) is 19.3 Å². The number of amides is 3. The van der Waals surface area contributed by atoms with Gasteiger partial charge >= 0.3 is 5.97 Å². The van der Waals surface area contributed by atoms with Crippen molar-refractivity contribution in [3.8, 4) is 0 Å². The van der Waals surface area contributed by atoms with E-state index in [9.17, 15) is 19.2 Å². The van der Waals surface area contributed by atoms with Crippen LogP contribution < -0.4 is 5.32 Å². The standard InChI is InChI=1S/C23H19BrCl4N2O5/c1-4-10-7-11(24)5-6-12(10)29-13(31)8-35-23(34)20(9(2)3)30-21(32)14-15(22(30)33)17(26)19(28)18(27)16(14)25/h5-7,9,20H,4,8H2,1-3H3,(H,29,31)/t20-/m0/s1. The molecule has 0 bridgehead atoms. The van der Waals surface area contributed by atoms with E-state index in [0.717, 1.165) is 10.0 Å². The molecule has 12 heteroatoms. The molecule has 2 aromatic rings. The fourth-order valence-electron chi connectivity index (χ4n) is 3.68. The van der Waals surface area contributed by atoms with Crippen molar-refractivity contribution in [3.63, 3.8) is 0 Å². The highest BCUT2D eigenvalue weighted by Gasteiger charge is 2.48. The molecule has 3 rings (SSSR count). The summed E-state index contributed by atoms with van der Waals surface area (Å²) in [4.78, 5) is 52.4. The van der Waals surface area contributed by atoms with Crippen molar-refractivity contribution in [2.45, 2.75) is 33.2 Å². The van der Waals surface area contributed by atoms with E-state index < -0.39 is 42.3 Å². The van der Waals surface area contributed by atoms with Gasteiger partial charge in [-0.1, -0.05) is 83.1 Å². The lowest BCUT2D eigenvalue weighted by molar-refractivity contribution is -0.152. The van der Waals surface area contributed by atoms with Gasteiger partial charge < -0.3 is 10.1 Å². The molecule has 0 unspecified atom stereocenters. The zero-order chi connectivity index (χ0) is 26.2. The van der Waals surface area contributed by atoms with Crippen molar-refractivity contribution in [2.75, 3.05) is 11.9 Å². The van der Waals surface area contributed by atoms with Crippen LogP contribution in [0.1, 0.15) is 47.1 Å². The van der Waals surface area contributed by atoms with Crippen molar-refractivity contribution < 1.29 is 23.9 Å². The molecule has 7 nitrogen and oxygen atoms in total. The lowest BCUT2D eigenvalue weighted by Gasteiger charge is -2.27. The summed E-state index contributed by atoms with van der Waals surface area (Å²) >= 11 is 27.8. The number of nitrogens with one attached hydrogen (secondary N) is 1. The second-order valence-corrected chi connectivity index (χ2v) is 10.4. The first kappa shape index (κ1) is 27.7. The maximum atomic E-state index is 13.1. The molecule has 0 aliphatic carbocycles. The molecule has 0 spiro atoms. The predicted molar refractivity (Wildman–Crippen MR) is 139 cm³/mol. The molecule has 0 radical (unpaired) electrons. The Labute approximate surface area is 230 Å². The molecule has 2 aromatic carbocycles. The molecular weight excluding hydrogens is 606 g/mol. The summed E-state index contributed by atoms with van der Waals surface area (Å²) in [5.74, 6) is -3.81.